The molecule has 27 heavy (non-hydrogen) atoms. The molecule has 0 aromatic heterocycles. The van der Waals surface area contributed by atoms with Gasteiger partial charge in [0.25, 0.3) is 11.4 Å². The molecule has 0 bridgehead atoms. The summed E-state index contributed by atoms with van der Waals surface area (Å²) < 4.78 is 59.3. The largest absolute Gasteiger partial charge is 0.463 e. The Bertz CT molecular complexity index is 479. The van der Waals surface area contributed by atoms with Crippen LogP contribution in [0.2, 0.25) is 0 Å². The first-order chi connectivity index (χ1) is 12.6. The quantitative estimate of drug-likeness (QED) is 0.356. The average Bonchev–Trinajstić information content (AvgIpc) is 2.59. The van der Waals surface area contributed by atoms with Crippen molar-refractivity contribution >= 4 is 23.1 Å². The van der Waals surface area contributed by atoms with Crippen LogP contribution in [0.15, 0.2) is 0 Å². The number of rotatable bonds is 12. The predicted octanol–water partition coefficient (Wildman–Crippen LogP) is 2.64. The number of carbonyl (C=O) groups is 2. The molecule has 1 fully saturated rings. The van der Waals surface area contributed by atoms with Crippen LogP contribution in [0.5, 0.6) is 0 Å². The third-order valence-electron chi connectivity index (χ3n) is 4.25. The summed E-state index contributed by atoms with van der Waals surface area (Å²) in [4.78, 5) is 23.4. The Labute approximate surface area is 159 Å². The molecule has 1 unspecified atom stereocenters. The summed E-state index contributed by atoms with van der Waals surface area (Å²) in [6.45, 7) is 2.58. The Kier molecular flexibility index (Phi) is 10.0. The first kappa shape index (κ1) is 24.2. The van der Waals surface area contributed by atoms with Crippen molar-refractivity contribution in [1.29, 1.82) is 0 Å². The molecule has 0 radical (unpaired) electrons. The number of ketones is 1. The molecular formula is C16H28F3NO6S. The van der Waals surface area contributed by atoms with Gasteiger partial charge in [-0.2, -0.15) is 4.31 Å². The van der Waals surface area contributed by atoms with Crippen molar-refractivity contribution in [3.8, 4) is 0 Å². The number of halogens is 3. The van der Waals surface area contributed by atoms with E-state index in [2.05, 4.69) is 4.74 Å². The van der Waals surface area contributed by atoms with Crippen LogP contribution in [0, 0.1) is 5.41 Å². The smallest absolute Gasteiger partial charge is 0.314 e. The molecular weight excluding hydrogens is 391 g/mol. The van der Waals surface area contributed by atoms with E-state index in [0.29, 0.717) is 17.1 Å². The minimum atomic E-state index is -5.33. The number of nitrogens with zero attached hydrogens (tertiary/aromatic N) is 1. The van der Waals surface area contributed by atoms with Crippen molar-refractivity contribution in [2.24, 2.45) is 5.41 Å². The van der Waals surface area contributed by atoms with Gasteiger partial charge >= 0.3 is 5.97 Å². The number of methoxy groups -OCH3 is 1. The van der Waals surface area contributed by atoms with Gasteiger partial charge in [-0.1, -0.05) is 0 Å². The molecule has 0 spiro atoms. The fourth-order valence-electron chi connectivity index (χ4n) is 2.50. The molecule has 1 rings (SSSR count). The van der Waals surface area contributed by atoms with Gasteiger partial charge in [0, 0.05) is 26.6 Å². The Morgan fingerprint density at radius 3 is 2.44 bits per heavy atom. The van der Waals surface area contributed by atoms with Crippen LogP contribution < -0.4 is 0 Å². The normalized spacial score (nSPS) is 19.4. The summed E-state index contributed by atoms with van der Waals surface area (Å²) in [6, 6.07) is 0. The summed E-state index contributed by atoms with van der Waals surface area (Å²) in [7, 11) is 1.34. The van der Waals surface area contributed by atoms with E-state index in [4.69, 9.17) is 14.2 Å². The van der Waals surface area contributed by atoms with Crippen molar-refractivity contribution in [3.63, 3.8) is 0 Å². The molecule has 7 nitrogen and oxygen atoms in total. The van der Waals surface area contributed by atoms with Crippen LogP contribution in [-0.4, -0.2) is 75.4 Å². The zero-order chi connectivity index (χ0) is 20.5. The van der Waals surface area contributed by atoms with Gasteiger partial charge in [0.1, 0.15) is 13.2 Å². The summed E-state index contributed by atoms with van der Waals surface area (Å²) >= 11 is -5.33. The first-order valence-electron chi connectivity index (χ1n) is 8.63. The monoisotopic (exact) mass is 419 g/mol. The number of ether oxygens (including phenoxy) is 4. The van der Waals surface area contributed by atoms with Crippen LogP contribution in [0.1, 0.15) is 26.7 Å². The summed E-state index contributed by atoms with van der Waals surface area (Å²) in [5.74, 6) is -0.490. The van der Waals surface area contributed by atoms with Crippen molar-refractivity contribution in [3.05, 3.63) is 0 Å². The van der Waals surface area contributed by atoms with Crippen molar-refractivity contribution in [1.82, 2.24) is 4.31 Å². The lowest BCUT2D eigenvalue weighted by Crippen LogP contribution is -2.44. The van der Waals surface area contributed by atoms with E-state index in [9.17, 15) is 21.2 Å². The Morgan fingerprint density at radius 1 is 1.22 bits per heavy atom. The van der Waals surface area contributed by atoms with Gasteiger partial charge in [0.2, 0.25) is 0 Å². The molecule has 0 saturated carbocycles. The molecule has 0 N–H and O–H groups in total. The van der Waals surface area contributed by atoms with Gasteiger partial charge in [-0.25, -0.2) is 0 Å². The van der Waals surface area contributed by atoms with Gasteiger partial charge in [-0.3, -0.25) is 9.59 Å². The average molecular weight is 419 g/mol. The summed E-state index contributed by atoms with van der Waals surface area (Å²) in [5.41, 5.74) is -0.919. The van der Waals surface area contributed by atoms with E-state index in [-0.39, 0.29) is 51.9 Å². The topological polar surface area (TPSA) is 74.3 Å². The highest BCUT2D eigenvalue weighted by molar-refractivity contribution is 8.18. The van der Waals surface area contributed by atoms with E-state index >= 15 is 0 Å². The number of hydrogen-bond acceptors (Lipinski definition) is 7. The number of hydrogen-bond donors (Lipinski definition) is 0. The van der Waals surface area contributed by atoms with Crippen LogP contribution in [0.4, 0.5) is 11.7 Å². The van der Waals surface area contributed by atoms with Crippen molar-refractivity contribution in [2.75, 3.05) is 53.2 Å². The second kappa shape index (κ2) is 11.2. The fourth-order valence-corrected chi connectivity index (χ4v) is 3.06. The standard InChI is InChI=1S/C16H28F3NO6S/c1-16(2,14-5-4-13(21)12-26-14)15(22)25-11-10-24-9-7-20(6-8-23-3)27(17,18)19/h14H,4-12H2,1-3H3. The Balaban J connectivity index is 2.26. The zero-order valence-corrected chi connectivity index (χ0v) is 16.7. The molecule has 0 aliphatic carbocycles. The van der Waals surface area contributed by atoms with Gasteiger partial charge < -0.3 is 18.9 Å². The maximum atomic E-state index is 12.9. The van der Waals surface area contributed by atoms with Crippen LogP contribution in [0.25, 0.3) is 0 Å². The molecule has 0 aromatic carbocycles. The second-order valence-corrected chi connectivity index (χ2v) is 7.93. The Morgan fingerprint density at radius 2 is 1.89 bits per heavy atom. The molecule has 160 valence electrons. The van der Waals surface area contributed by atoms with Gasteiger partial charge in [-0.15, -0.1) is 11.7 Å². The van der Waals surface area contributed by atoms with E-state index in [0.717, 1.165) is 0 Å². The maximum absolute atomic E-state index is 12.9. The third-order valence-corrected chi connectivity index (χ3v) is 5.20. The molecule has 0 amide bonds. The van der Waals surface area contributed by atoms with Crippen LogP contribution >= 0.6 is 11.4 Å². The first-order valence-corrected chi connectivity index (χ1v) is 9.92. The van der Waals surface area contributed by atoms with E-state index < -0.39 is 28.9 Å². The summed E-state index contributed by atoms with van der Waals surface area (Å²) in [6.07, 6.45) is 0.410. The molecule has 1 atom stereocenters. The molecule has 1 saturated heterocycles. The van der Waals surface area contributed by atoms with E-state index in [1.165, 1.54) is 7.11 Å². The Hall–Kier alpha value is -0.880. The maximum Gasteiger partial charge on any atom is 0.314 e. The van der Waals surface area contributed by atoms with Gasteiger partial charge in [0.05, 0.1) is 31.3 Å². The van der Waals surface area contributed by atoms with E-state index in [1.807, 2.05) is 0 Å². The van der Waals surface area contributed by atoms with Crippen molar-refractivity contribution < 1.29 is 40.2 Å². The highest BCUT2D eigenvalue weighted by atomic mass is 32.3. The number of Topliss-reactive ketones (excluding diaryl/α,β-unsaturated/α-hetero) is 1. The SMILES string of the molecule is COCCN(CCOCCOC(=O)C(C)(C)C1CCC(=O)CO1)S(F)(F)F. The fraction of sp³-hybridized carbons (Fsp3) is 0.875. The third kappa shape index (κ3) is 8.34. The highest BCUT2D eigenvalue weighted by Gasteiger charge is 2.41. The number of carbonyl (C=O) groups excluding carboxylic acids is 2. The highest BCUT2D eigenvalue weighted by Crippen LogP contribution is 2.56. The molecule has 1 aliphatic rings. The van der Waals surface area contributed by atoms with Gasteiger partial charge in [-0.05, 0) is 20.3 Å². The minimum Gasteiger partial charge on any atom is -0.463 e. The van der Waals surface area contributed by atoms with Crippen molar-refractivity contribution in [2.45, 2.75) is 32.8 Å². The molecule has 0 aromatic rings. The lowest BCUT2D eigenvalue weighted by molar-refractivity contribution is -0.169. The number of esters is 1. The molecule has 1 aliphatic heterocycles. The molecule has 1 heterocycles. The van der Waals surface area contributed by atoms with Gasteiger partial charge in [0.15, 0.2) is 5.78 Å². The minimum absolute atomic E-state index is 0.00284. The van der Waals surface area contributed by atoms with Crippen LogP contribution in [0.3, 0.4) is 0 Å². The molecule has 11 heteroatoms. The zero-order valence-electron chi connectivity index (χ0n) is 15.9. The lowest BCUT2D eigenvalue weighted by atomic mass is 9.82. The van der Waals surface area contributed by atoms with Crippen LogP contribution in [-0.2, 0) is 28.5 Å². The predicted molar refractivity (Wildman–Crippen MR) is 93.9 cm³/mol. The lowest BCUT2D eigenvalue weighted by Gasteiger charge is -2.34. The second-order valence-electron chi connectivity index (χ2n) is 6.65. The summed E-state index contributed by atoms with van der Waals surface area (Å²) in [5, 5.41) is 0. The van der Waals surface area contributed by atoms with E-state index in [1.54, 1.807) is 13.8 Å².